The Kier molecular flexibility index (Phi) is 5.46. The van der Waals surface area contributed by atoms with Gasteiger partial charge in [-0.25, -0.2) is 13.2 Å². The number of benzene rings is 3. The highest BCUT2D eigenvalue weighted by molar-refractivity contribution is 7.92. The number of hydrogen-bond acceptors (Lipinski definition) is 5. The molecule has 0 aliphatic heterocycles. The third-order valence-electron chi connectivity index (χ3n) is 4.14. The Hall–Kier alpha value is -3.19. The van der Waals surface area contributed by atoms with Gasteiger partial charge < -0.3 is 4.74 Å². The Morgan fingerprint density at radius 3 is 2.25 bits per heavy atom. The fourth-order valence-corrected chi connectivity index (χ4v) is 3.40. The van der Waals surface area contributed by atoms with Crippen LogP contribution in [0.25, 0.3) is 10.8 Å². The highest BCUT2D eigenvalue weighted by Gasteiger charge is 2.21. The lowest BCUT2D eigenvalue weighted by molar-refractivity contribution is 0.0321. The van der Waals surface area contributed by atoms with Crippen molar-refractivity contribution in [3.05, 3.63) is 77.9 Å². The van der Waals surface area contributed by atoms with Crippen molar-refractivity contribution in [1.29, 1.82) is 0 Å². The summed E-state index contributed by atoms with van der Waals surface area (Å²) < 4.78 is 30.2. The molecule has 0 saturated heterocycles. The first-order chi connectivity index (χ1) is 13.2. The van der Waals surface area contributed by atoms with Gasteiger partial charge in [0, 0.05) is 11.3 Å². The number of nitrogens with one attached hydrogen (secondary N) is 1. The molecule has 3 aromatic carbocycles. The molecule has 0 heterocycles. The van der Waals surface area contributed by atoms with Crippen LogP contribution in [0.2, 0.25) is 0 Å². The Morgan fingerprint density at radius 1 is 0.929 bits per heavy atom. The molecule has 144 valence electrons. The van der Waals surface area contributed by atoms with Gasteiger partial charge in [-0.2, -0.15) is 0 Å². The summed E-state index contributed by atoms with van der Waals surface area (Å²) in [6, 6.07) is 18.7. The van der Waals surface area contributed by atoms with Crippen molar-refractivity contribution in [3.8, 4) is 0 Å². The summed E-state index contributed by atoms with van der Waals surface area (Å²) in [5.74, 6) is -0.951. The maximum absolute atomic E-state index is 12.6. The molecule has 0 spiro atoms. The van der Waals surface area contributed by atoms with Crippen LogP contribution >= 0.6 is 0 Å². The lowest BCUT2D eigenvalue weighted by Gasteiger charge is -2.14. The zero-order valence-corrected chi connectivity index (χ0v) is 16.2. The van der Waals surface area contributed by atoms with Crippen LogP contribution in [0.4, 0.5) is 5.69 Å². The maximum atomic E-state index is 12.6. The van der Waals surface area contributed by atoms with Gasteiger partial charge in [0.1, 0.15) is 0 Å². The van der Waals surface area contributed by atoms with E-state index < -0.39 is 22.1 Å². The second-order valence-corrected chi connectivity index (χ2v) is 8.14. The Labute approximate surface area is 163 Å². The number of esters is 1. The average molecular weight is 397 g/mol. The number of ether oxygens (including phenoxy) is 1. The van der Waals surface area contributed by atoms with Crippen LogP contribution in [0, 0.1) is 0 Å². The second-order valence-electron chi connectivity index (χ2n) is 6.39. The van der Waals surface area contributed by atoms with E-state index >= 15 is 0 Å². The summed E-state index contributed by atoms with van der Waals surface area (Å²) in [4.78, 5) is 25.1. The first kappa shape index (κ1) is 19.6. The molecular weight excluding hydrogens is 378 g/mol. The minimum Gasteiger partial charge on any atom is -0.451 e. The number of ketones is 1. The molecule has 6 nitrogen and oxygen atoms in total. The van der Waals surface area contributed by atoms with Crippen LogP contribution in [-0.4, -0.2) is 32.5 Å². The summed E-state index contributed by atoms with van der Waals surface area (Å²) in [6.45, 7) is 1.51. The molecule has 3 aromatic rings. The molecule has 0 aromatic heterocycles. The fourth-order valence-electron chi connectivity index (χ4n) is 2.83. The quantitative estimate of drug-likeness (QED) is 0.507. The highest BCUT2D eigenvalue weighted by Crippen LogP contribution is 2.20. The van der Waals surface area contributed by atoms with E-state index in [2.05, 4.69) is 4.72 Å². The summed E-state index contributed by atoms with van der Waals surface area (Å²) in [5, 5.41) is 1.66. The average Bonchev–Trinajstić information content (AvgIpc) is 2.66. The van der Waals surface area contributed by atoms with Crippen molar-refractivity contribution >= 4 is 38.2 Å². The van der Waals surface area contributed by atoms with Crippen LogP contribution in [-0.2, 0) is 14.8 Å². The van der Waals surface area contributed by atoms with E-state index in [1.165, 1.54) is 31.2 Å². The molecule has 0 bridgehead atoms. The van der Waals surface area contributed by atoms with E-state index in [0.29, 0.717) is 16.8 Å². The molecule has 0 radical (unpaired) electrons. The second kappa shape index (κ2) is 7.82. The first-order valence-electron chi connectivity index (χ1n) is 8.55. The lowest BCUT2D eigenvalue weighted by Crippen LogP contribution is -2.24. The molecule has 0 aliphatic carbocycles. The summed E-state index contributed by atoms with van der Waals surface area (Å²) >= 11 is 0. The van der Waals surface area contributed by atoms with E-state index in [0.717, 1.165) is 17.0 Å². The third-order valence-corrected chi connectivity index (χ3v) is 4.74. The van der Waals surface area contributed by atoms with Crippen LogP contribution in [0.15, 0.2) is 66.7 Å². The van der Waals surface area contributed by atoms with Gasteiger partial charge in [0.2, 0.25) is 15.8 Å². The molecule has 0 aliphatic rings. The number of carbonyl (C=O) groups is 2. The van der Waals surface area contributed by atoms with Gasteiger partial charge in [0.25, 0.3) is 0 Å². The predicted octanol–water partition coefficient (Wildman–Crippen LogP) is 3.64. The van der Waals surface area contributed by atoms with Crippen molar-refractivity contribution in [2.45, 2.75) is 13.0 Å². The van der Waals surface area contributed by atoms with Gasteiger partial charge >= 0.3 is 5.97 Å². The largest absolute Gasteiger partial charge is 0.451 e. The predicted molar refractivity (Wildman–Crippen MR) is 108 cm³/mol. The van der Waals surface area contributed by atoms with Crippen molar-refractivity contribution < 1.29 is 22.7 Å². The van der Waals surface area contributed by atoms with Crippen LogP contribution in [0.1, 0.15) is 27.6 Å². The molecule has 1 atom stereocenters. The third kappa shape index (κ3) is 4.55. The molecule has 28 heavy (non-hydrogen) atoms. The van der Waals surface area contributed by atoms with E-state index in [-0.39, 0.29) is 5.78 Å². The van der Waals surface area contributed by atoms with Gasteiger partial charge in [0.05, 0.1) is 11.8 Å². The zero-order chi connectivity index (χ0) is 20.3. The molecule has 0 unspecified atom stereocenters. The smallest absolute Gasteiger partial charge is 0.339 e. The Balaban J connectivity index is 1.74. The summed E-state index contributed by atoms with van der Waals surface area (Å²) in [6.07, 6.45) is 0.0566. The maximum Gasteiger partial charge on any atom is 0.339 e. The van der Waals surface area contributed by atoms with Gasteiger partial charge in [-0.15, -0.1) is 0 Å². The van der Waals surface area contributed by atoms with E-state index in [1.54, 1.807) is 12.1 Å². The minimum absolute atomic E-state index is 0.317. The van der Waals surface area contributed by atoms with Crippen molar-refractivity contribution in [2.24, 2.45) is 0 Å². The van der Waals surface area contributed by atoms with Crippen molar-refractivity contribution in [3.63, 3.8) is 0 Å². The van der Waals surface area contributed by atoms with E-state index in [4.69, 9.17) is 4.74 Å². The van der Waals surface area contributed by atoms with Crippen molar-refractivity contribution in [2.75, 3.05) is 11.0 Å². The molecule has 1 N–H and O–H groups in total. The normalized spacial score (nSPS) is 12.4. The first-order valence-corrected chi connectivity index (χ1v) is 10.4. The number of sulfonamides is 1. The standard InChI is InChI=1S/C21H19NO5S/c1-14(20(23)16-10-12-17(13-11-16)22-28(2,25)26)27-21(24)19-9-5-7-15-6-3-4-8-18(15)19/h3-14,22H,1-2H3/t14-/m1/s1. The van der Waals surface area contributed by atoms with Gasteiger partial charge in [-0.05, 0) is 48.0 Å². The molecule has 0 fully saturated rings. The monoisotopic (exact) mass is 397 g/mol. The Bertz CT molecular complexity index is 1130. The Morgan fingerprint density at radius 2 is 1.57 bits per heavy atom. The molecular formula is C21H19NO5S. The highest BCUT2D eigenvalue weighted by atomic mass is 32.2. The number of Topliss-reactive ketones (excluding diaryl/α,β-unsaturated/α-hetero) is 1. The minimum atomic E-state index is -3.40. The van der Waals surface area contributed by atoms with E-state index in [1.807, 2.05) is 30.3 Å². The molecule has 7 heteroatoms. The fraction of sp³-hybridized carbons (Fsp3) is 0.143. The molecule has 0 saturated carbocycles. The summed E-state index contributed by atoms with van der Waals surface area (Å²) in [7, 11) is -3.40. The van der Waals surface area contributed by atoms with Crippen molar-refractivity contribution in [1.82, 2.24) is 0 Å². The lowest BCUT2D eigenvalue weighted by atomic mass is 10.0. The number of carbonyl (C=O) groups excluding carboxylic acids is 2. The number of hydrogen-bond donors (Lipinski definition) is 1. The molecule has 0 amide bonds. The van der Waals surface area contributed by atoms with E-state index in [9.17, 15) is 18.0 Å². The topological polar surface area (TPSA) is 89.5 Å². The van der Waals surface area contributed by atoms with Gasteiger partial charge in [0.15, 0.2) is 6.10 Å². The van der Waals surface area contributed by atoms with Crippen LogP contribution < -0.4 is 4.72 Å². The number of fused-ring (bicyclic) bond motifs is 1. The molecule has 3 rings (SSSR count). The van der Waals surface area contributed by atoms with Crippen LogP contribution in [0.3, 0.4) is 0 Å². The van der Waals surface area contributed by atoms with Crippen LogP contribution in [0.5, 0.6) is 0 Å². The van der Waals surface area contributed by atoms with Gasteiger partial charge in [-0.3, -0.25) is 9.52 Å². The number of rotatable bonds is 6. The SMILES string of the molecule is C[C@@H](OC(=O)c1cccc2ccccc12)C(=O)c1ccc(NS(C)(=O)=O)cc1. The van der Waals surface area contributed by atoms with Gasteiger partial charge in [-0.1, -0.05) is 36.4 Å². The number of anilines is 1. The summed E-state index contributed by atoms with van der Waals surface area (Å²) in [5.41, 5.74) is 1.06. The zero-order valence-electron chi connectivity index (χ0n) is 15.4.